The minimum absolute atomic E-state index is 0.434. The van der Waals surface area contributed by atoms with Crippen LogP contribution in [-0.2, 0) is 4.74 Å². The molecule has 0 aromatic rings. The molecule has 0 aromatic heterocycles. The van der Waals surface area contributed by atoms with Crippen LogP contribution in [0.2, 0.25) is 0 Å². The minimum Gasteiger partial charge on any atom is -0.382 e. The van der Waals surface area contributed by atoms with Crippen molar-refractivity contribution < 1.29 is 4.74 Å². The van der Waals surface area contributed by atoms with Crippen molar-refractivity contribution in [3.63, 3.8) is 0 Å². The third-order valence-corrected chi connectivity index (χ3v) is 2.59. The number of ether oxygens (including phenoxy) is 1. The maximum Gasteiger partial charge on any atom is 0.0543 e. The normalized spacial score (nSPS) is 13.6. The molecule has 13 heavy (non-hydrogen) atoms. The summed E-state index contributed by atoms with van der Waals surface area (Å²) in [6.45, 7) is 6.73. The largest absolute Gasteiger partial charge is 0.382 e. The highest BCUT2D eigenvalue weighted by molar-refractivity contribution is 4.53. The van der Waals surface area contributed by atoms with Gasteiger partial charge in [-0.25, -0.2) is 0 Å². The van der Waals surface area contributed by atoms with Gasteiger partial charge >= 0.3 is 0 Å². The molecule has 2 heteroatoms. The Morgan fingerprint density at radius 1 is 1.23 bits per heavy atom. The Morgan fingerprint density at radius 2 is 1.92 bits per heavy atom. The van der Waals surface area contributed by atoms with Crippen molar-refractivity contribution in [2.24, 2.45) is 0 Å². The maximum absolute atomic E-state index is 5.19. The van der Waals surface area contributed by atoms with E-state index in [0.29, 0.717) is 6.10 Å². The summed E-state index contributed by atoms with van der Waals surface area (Å²) < 4.78 is 5.19. The van der Waals surface area contributed by atoms with Crippen molar-refractivity contribution in [3.8, 4) is 0 Å². The average molecular weight is 187 g/mol. The Labute approximate surface area is 83.3 Å². The first kappa shape index (κ1) is 12.9. The number of methoxy groups -OCH3 is 1. The smallest absolute Gasteiger partial charge is 0.0543 e. The summed E-state index contributed by atoms with van der Waals surface area (Å²) in [6, 6.07) is 0. The topological polar surface area (TPSA) is 12.5 Å². The van der Waals surface area contributed by atoms with Gasteiger partial charge in [0.2, 0.25) is 0 Å². The number of hydrogen-bond donors (Lipinski definition) is 0. The molecule has 0 rings (SSSR count). The molecule has 0 radical (unpaired) electrons. The molecule has 1 atom stereocenters. The second-order valence-corrected chi connectivity index (χ2v) is 3.79. The average Bonchev–Trinajstić information content (AvgIpc) is 2.16. The molecule has 2 nitrogen and oxygen atoms in total. The van der Waals surface area contributed by atoms with Gasteiger partial charge < -0.3 is 9.64 Å². The van der Waals surface area contributed by atoms with E-state index in [1.165, 1.54) is 32.2 Å². The fraction of sp³-hybridized carbons (Fsp3) is 1.00. The molecular formula is C11H25NO. The zero-order valence-electron chi connectivity index (χ0n) is 9.68. The Kier molecular flexibility index (Phi) is 8.46. The third kappa shape index (κ3) is 8.26. The molecule has 0 bridgehead atoms. The second-order valence-electron chi connectivity index (χ2n) is 3.79. The number of hydrogen-bond acceptors (Lipinski definition) is 2. The lowest BCUT2D eigenvalue weighted by atomic mass is 10.1. The SMILES string of the molecule is CCN(C)CCCCCC(C)OC. The molecule has 0 aliphatic rings. The van der Waals surface area contributed by atoms with Gasteiger partial charge in [-0.2, -0.15) is 0 Å². The molecule has 0 aliphatic heterocycles. The minimum atomic E-state index is 0.434. The van der Waals surface area contributed by atoms with Crippen molar-refractivity contribution in [2.45, 2.75) is 45.6 Å². The first-order chi connectivity index (χ1) is 6.20. The highest BCUT2D eigenvalue weighted by Gasteiger charge is 1.99. The first-order valence-corrected chi connectivity index (χ1v) is 5.42. The van der Waals surface area contributed by atoms with Gasteiger partial charge in [0, 0.05) is 7.11 Å². The Hall–Kier alpha value is -0.0800. The summed E-state index contributed by atoms with van der Waals surface area (Å²) in [4.78, 5) is 2.36. The van der Waals surface area contributed by atoms with Gasteiger partial charge in [0.1, 0.15) is 0 Å². The van der Waals surface area contributed by atoms with E-state index in [1.807, 2.05) is 0 Å². The summed E-state index contributed by atoms with van der Waals surface area (Å²) in [7, 11) is 3.97. The zero-order chi connectivity index (χ0) is 10.1. The van der Waals surface area contributed by atoms with Crippen LogP contribution in [0.25, 0.3) is 0 Å². The standard InChI is InChI=1S/C11H25NO/c1-5-12(3)10-8-6-7-9-11(2)13-4/h11H,5-10H2,1-4H3. The lowest BCUT2D eigenvalue weighted by Crippen LogP contribution is -2.18. The van der Waals surface area contributed by atoms with Crippen molar-refractivity contribution in [1.29, 1.82) is 0 Å². The fourth-order valence-corrected chi connectivity index (χ4v) is 1.27. The third-order valence-electron chi connectivity index (χ3n) is 2.59. The number of unbranched alkanes of at least 4 members (excludes halogenated alkanes) is 2. The summed E-state index contributed by atoms with van der Waals surface area (Å²) in [5, 5.41) is 0. The first-order valence-electron chi connectivity index (χ1n) is 5.42. The van der Waals surface area contributed by atoms with Crippen LogP contribution in [0.15, 0.2) is 0 Å². The Balaban J connectivity index is 3.08. The molecule has 0 N–H and O–H groups in total. The van der Waals surface area contributed by atoms with Crippen molar-refractivity contribution in [2.75, 3.05) is 27.2 Å². The molecule has 0 aliphatic carbocycles. The van der Waals surface area contributed by atoms with E-state index in [2.05, 4.69) is 25.8 Å². The van der Waals surface area contributed by atoms with E-state index in [4.69, 9.17) is 4.74 Å². The van der Waals surface area contributed by atoms with E-state index in [-0.39, 0.29) is 0 Å². The Morgan fingerprint density at radius 3 is 2.46 bits per heavy atom. The molecule has 0 heterocycles. The van der Waals surface area contributed by atoms with Crippen LogP contribution in [-0.4, -0.2) is 38.3 Å². The highest BCUT2D eigenvalue weighted by Crippen LogP contribution is 2.05. The fourth-order valence-electron chi connectivity index (χ4n) is 1.27. The van der Waals surface area contributed by atoms with Gasteiger partial charge in [-0.1, -0.05) is 19.8 Å². The van der Waals surface area contributed by atoms with E-state index < -0.39 is 0 Å². The summed E-state index contributed by atoms with van der Waals surface area (Å²) in [6.07, 6.45) is 5.58. The van der Waals surface area contributed by atoms with Crippen LogP contribution in [0.4, 0.5) is 0 Å². The summed E-state index contributed by atoms with van der Waals surface area (Å²) >= 11 is 0. The van der Waals surface area contributed by atoms with Gasteiger partial charge in [-0.05, 0) is 39.9 Å². The summed E-state index contributed by atoms with van der Waals surface area (Å²) in [5.74, 6) is 0. The van der Waals surface area contributed by atoms with E-state index in [1.54, 1.807) is 7.11 Å². The monoisotopic (exact) mass is 187 g/mol. The molecule has 0 amide bonds. The molecule has 80 valence electrons. The van der Waals surface area contributed by atoms with Crippen LogP contribution in [0, 0.1) is 0 Å². The molecule has 0 aromatic carbocycles. The van der Waals surface area contributed by atoms with Gasteiger partial charge in [0.05, 0.1) is 6.10 Å². The van der Waals surface area contributed by atoms with E-state index >= 15 is 0 Å². The zero-order valence-corrected chi connectivity index (χ0v) is 9.68. The molecule has 0 spiro atoms. The quantitative estimate of drug-likeness (QED) is 0.541. The predicted octanol–water partition coefficient (Wildman–Crippen LogP) is 2.53. The lowest BCUT2D eigenvalue weighted by Gasteiger charge is -2.13. The van der Waals surface area contributed by atoms with Crippen LogP contribution >= 0.6 is 0 Å². The van der Waals surface area contributed by atoms with Crippen LogP contribution < -0.4 is 0 Å². The van der Waals surface area contributed by atoms with Crippen molar-refractivity contribution in [3.05, 3.63) is 0 Å². The van der Waals surface area contributed by atoms with Gasteiger partial charge in [0.15, 0.2) is 0 Å². The van der Waals surface area contributed by atoms with Crippen LogP contribution in [0.1, 0.15) is 39.5 Å². The molecule has 0 fully saturated rings. The number of rotatable bonds is 8. The van der Waals surface area contributed by atoms with E-state index in [9.17, 15) is 0 Å². The molecule has 0 saturated heterocycles. The molecule has 0 saturated carbocycles. The van der Waals surface area contributed by atoms with Crippen LogP contribution in [0.5, 0.6) is 0 Å². The second kappa shape index (κ2) is 8.52. The Bertz CT molecular complexity index is 94.3. The maximum atomic E-state index is 5.19. The number of nitrogens with zero attached hydrogens (tertiary/aromatic N) is 1. The van der Waals surface area contributed by atoms with Crippen molar-refractivity contribution >= 4 is 0 Å². The molecular weight excluding hydrogens is 162 g/mol. The van der Waals surface area contributed by atoms with Gasteiger partial charge in [-0.15, -0.1) is 0 Å². The lowest BCUT2D eigenvalue weighted by molar-refractivity contribution is 0.108. The highest BCUT2D eigenvalue weighted by atomic mass is 16.5. The molecule has 1 unspecified atom stereocenters. The summed E-state index contributed by atoms with van der Waals surface area (Å²) in [5.41, 5.74) is 0. The van der Waals surface area contributed by atoms with Gasteiger partial charge in [-0.3, -0.25) is 0 Å². The van der Waals surface area contributed by atoms with Crippen molar-refractivity contribution in [1.82, 2.24) is 4.90 Å². The predicted molar refractivity (Wildman–Crippen MR) is 58.1 cm³/mol. The van der Waals surface area contributed by atoms with E-state index in [0.717, 1.165) is 6.54 Å². The van der Waals surface area contributed by atoms with Crippen LogP contribution in [0.3, 0.4) is 0 Å². The van der Waals surface area contributed by atoms with Gasteiger partial charge in [0.25, 0.3) is 0 Å².